The average molecular weight is 225 g/mol. The monoisotopic (exact) mass is 225 g/mol. The van der Waals surface area contributed by atoms with Crippen LogP contribution in [0.15, 0.2) is 12.4 Å². The van der Waals surface area contributed by atoms with Crippen molar-refractivity contribution in [2.24, 2.45) is 0 Å². The van der Waals surface area contributed by atoms with Crippen LogP contribution in [0.4, 0.5) is 5.95 Å². The average Bonchev–Trinajstić information content (AvgIpc) is 2.26. The van der Waals surface area contributed by atoms with E-state index >= 15 is 0 Å². The summed E-state index contributed by atoms with van der Waals surface area (Å²) in [6.07, 6.45) is 2.94. The van der Waals surface area contributed by atoms with Gasteiger partial charge in [-0.3, -0.25) is 4.79 Å². The number of aryl methyl sites for hydroxylation is 1. The van der Waals surface area contributed by atoms with Crippen molar-refractivity contribution in [3.05, 3.63) is 18.0 Å². The van der Waals surface area contributed by atoms with Gasteiger partial charge in [0.25, 0.3) is 0 Å². The first-order chi connectivity index (χ1) is 7.61. The molecule has 0 bridgehead atoms. The molecule has 0 aliphatic heterocycles. The molecular weight excluding hydrogens is 210 g/mol. The van der Waals surface area contributed by atoms with Crippen LogP contribution in [0.3, 0.4) is 0 Å². The quantitative estimate of drug-likeness (QED) is 0.740. The van der Waals surface area contributed by atoms with Gasteiger partial charge in [0, 0.05) is 26.0 Å². The fourth-order valence-corrected chi connectivity index (χ4v) is 1.12. The van der Waals surface area contributed by atoms with E-state index in [1.165, 1.54) is 7.11 Å². The first-order valence-corrected chi connectivity index (χ1v) is 4.89. The van der Waals surface area contributed by atoms with Crippen molar-refractivity contribution < 1.29 is 14.6 Å². The lowest BCUT2D eigenvalue weighted by Crippen LogP contribution is -2.25. The fourth-order valence-electron chi connectivity index (χ4n) is 1.12. The second-order valence-electron chi connectivity index (χ2n) is 3.42. The van der Waals surface area contributed by atoms with E-state index in [9.17, 15) is 4.79 Å². The minimum Gasteiger partial charge on any atom is -0.481 e. The Morgan fingerprint density at radius 3 is 2.69 bits per heavy atom. The molecule has 1 unspecified atom stereocenters. The first kappa shape index (κ1) is 12.4. The topological polar surface area (TPSA) is 84.3 Å². The standard InChI is InChI=1S/C10H15N3O3/c1-7-4-11-10(12-5-7)13-6-8(16-2)3-9(14)15/h4-5,8H,3,6H2,1-2H3,(H,14,15)(H,11,12,13). The Kier molecular flexibility index (Phi) is 4.65. The normalized spacial score (nSPS) is 12.1. The summed E-state index contributed by atoms with van der Waals surface area (Å²) in [5.41, 5.74) is 0.972. The molecule has 1 atom stereocenters. The number of ether oxygens (including phenoxy) is 1. The summed E-state index contributed by atoms with van der Waals surface area (Å²) in [4.78, 5) is 18.6. The summed E-state index contributed by atoms with van der Waals surface area (Å²) in [5, 5.41) is 11.5. The number of anilines is 1. The third kappa shape index (κ3) is 4.22. The SMILES string of the molecule is COC(CNc1ncc(C)cn1)CC(=O)O. The maximum absolute atomic E-state index is 10.5. The van der Waals surface area contributed by atoms with Crippen LogP contribution >= 0.6 is 0 Å². The van der Waals surface area contributed by atoms with E-state index in [0.717, 1.165) is 5.56 Å². The van der Waals surface area contributed by atoms with Crippen molar-refractivity contribution in [1.82, 2.24) is 9.97 Å². The predicted molar refractivity (Wildman–Crippen MR) is 58.3 cm³/mol. The Labute approximate surface area is 93.7 Å². The summed E-state index contributed by atoms with van der Waals surface area (Å²) in [5.74, 6) is -0.420. The van der Waals surface area contributed by atoms with Gasteiger partial charge >= 0.3 is 5.97 Å². The van der Waals surface area contributed by atoms with E-state index in [-0.39, 0.29) is 12.5 Å². The molecule has 16 heavy (non-hydrogen) atoms. The largest absolute Gasteiger partial charge is 0.481 e. The maximum Gasteiger partial charge on any atom is 0.306 e. The van der Waals surface area contributed by atoms with E-state index in [2.05, 4.69) is 15.3 Å². The molecule has 0 fully saturated rings. The second-order valence-corrected chi connectivity index (χ2v) is 3.42. The zero-order valence-electron chi connectivity index (χ0n) is 9.30. The lowest BCUT2D eigenvalue weighted by atomic mass is 10.2. The van der Waals surface area contributed by atoms with Crippen LogP contribution in [-0.2, 0) is 9.53 Å². The maximum atomic E-state index is 10.5. The zero-order valence-corrected chi connectivity index (χ0v) is 9.30. The number of carboxylic acids is 1. The number of aliphatic carboxylic acids is 1. The van der Waals surface area contributed by atoms with Crippen LogP contribution in [-0.4, -0.2) is 40.8 Å². The molecule has 1 aromatic heterocycles. The molecular formula is C10H15N3O3. The van der Waals surface area contributed by atoms with E-state index < -0.39 is 5.97 Å². The van der Waals surface area contributed by atoms with Crippen LogP contribution in [0.1, 0.15) is 12.0 Å². The lowest BCUT2D eigenvalue weighted by molar-refractivity contribution is -0.139. The summed E-state index contributed by atoms with van der Waals surface area (Å²) in [6.45, 7) is 2.26. The molecule has 0 amide bonds. The van der Waals surface area contributed by atoms with E-state index in [4.69, 9.17) is 9.84 Å². The lowest BCUT2D eigenvalue weighted by Gasteiger charge is -2.13. The van der Waals surface area contributed by atoms with Gasteiger partial charge in [0.05, 0.1) is 12.5 Å². The Morgan fingerprint density at radius 1 is 1.56 bits per heavy atom. The molecule has 0 spiro atoms. The minimum absolute atomic E-state index is 0.0463. The fraction of sp³-hybridized carbons (Fsp3) is 0.500. The summed E-state index contributed by atoms with van der Waals surface area (Å²) < 4.78 is 5.01. The van der Waals surface area contributed by atoms with Crippen LogP contribution in [0.5, 0.6) is 0 Å². The summed E-state index contributed by atoms with van der Waals surface area (Å²) >= 11 is 0. The molecule has 0 aliphatic rings. The molecule has 0 radical (unpaired) electrons. The Hall–Kier alpha value is -1.69. The van der Waals surface area contributed by atoms with Crippen LogP contribution in [0.25, 0.3) is 0 Å². The van der Waals surface area contributed by atoms with Crippen molar-refractivity contribution in [1.29, 1.82) is 0 Å². The molecule has 0 saturated heterocycles. The number of carbonyl (C=O) groups is 1. The van der Waals surface area contributed by atoms with Gasteiger partial charge in [0.1, 0.15) is 0 Å². The third-order valence-corrected chi connectivity index (χ3v) is 2.00. The van der Waals surface area contributed by atoms with Crippen molar-refractivity contribution >= 4 is 11.9 Å². The number of hydrogen-bond donors (Lipinski definition) is 2. The number of carboxylic acid groups (broad SMARTS) is 1. The molecule has 88 valence electrons. The molecule has 1 aromatic rings. The van der Waals surface area contributed by atoms with Gasteiger partial charge < -0.3 is 15.2 Å². The summed E-state index contributed by atoms with van der Waals surface area (Å²) in [7, 11) is 1.48. The number of nitrogens with zero attached hydrogens (tertiary/aromatic N) is 2. The van der Waals surface area contributed by atoms with Gasteiger partial charge in [0.2, 0.25) is 5.95 Å². The number of rotatable bonds is 6. The molecule has 2 N–H and O–H groups in total. The first-order valence-electron chi connectivity index (χ1n) is 4.89. The Bertz CT molecular complexity index is 340. The van der Waals surface area contributed by atoms with E-state index in [1.807, 2.05) is 6.92 Å². The number of methoxy groups -OCH3 is 1. The highest BCUT2D eigenvalue weighted by atomic mass is 16.5. The second kappa shape index (κ2) is 6.02. The highest BCUT2D eigenvalue weighted by molar-refractivity contribution is 5.67. The third-order valence-electron chi connectivity index (χ3n) is 2.00. The number of hydrogen-bond acceptors (Lipinski definition) is 5. The van der Waals surface area contributed by atoms with Crippen molar-refractivity contribution in [2.75, 3.05) is 19.0 Å². The molecule has 6 nitrogen and oxygen atoms in total. The van der Waals surface area contributed by atoms with Crippen molar-refractivity contribution in [3.63, 3.8) is 0 Å². The molecule has 0 saturated carbocycles. The molecule has 1 rings (SSSR count). The van der Waals surface area contributed by atoms with Crippen molar-refractivity contribution in [3.8, 4) is 0 Å². The summed E-state index contributed by atoms with van der Waals surface area (Å²) in [6, 6.07) is 0. The number of aromatic nitrogens is 2. The zero-order chi connectivity index (χ0) is 12.0. The highest BCUT2D eigenvalue weighted by Gasteiger charge is 2.12. The van der Waals surface area contributed by atoms with Gasteiger partial charge in [-0.2, -0.15) is 0 Å². The molecule has 0 aliphatic carbocycles. The van der Waals surface area contributed by atoms with Gasteiger partial charge in [-0.25, -0.2) is 9.97 Å². The molecule has 6 heteroatoms. The minimum atomic E-state index is -0.890. The molecule has 1 heterocycles. The van der Waals surface area contributed by atoms with E-state index in [0.29, 0.717) is 12.5 Å². The predicted octanol–water partition coefficient (Wildman–Crippen LogP) is 0.687. The van der Waals surface area contributed by atoms with Gasteiger partial charge in [0.15, 0.2) is 0 Å². The number of nitrogens with one attached hydrogen (secondary N) is 1. The Morgan fingerprint density at radius 2 is 2.19 bits per heavy atom. The molecule has 0 aromatic carbocycles. The van der Waals surface area contributed by atoms with Gasteiger partial charge in [-0.1, -0.05) is 0 Å². The Balaban J connectivity index is 2.43. The van der Waals surface area contributed by atoms with Crippen LogP contribution in [0, 0.1) is 6.92 Å². The van der Waals surface area contributed by atoms with E-state index in [1.54, 1.807) is 12.4 Å². The van der Waals surface area contributed by atoms with Gasteiger partial charge in [-0.05, 0) is 12.5 Å². The van der Waals surface area contributed by atoms with Crippen LogP contribution in [0.2, 0.25) is 0 Å². The smallest absolute Gasteiger partial charge is 0.306 e. The van der Waals surface area contributed by atoms with Crippen molar-refractivity contribution in [2.45, 2.75) is 19.4 Å². The van der Waals surface area contributed by atoms with Gasteiger partial charge in [-0.15, -0.1) is 0 Å². The van der Waals surface area contributed by atoms with Crippen LogP contribution < -0.4 is 5.32 Å². The highest BCUT2D eigenvalue weighted by Crippen LogP contribution is 2.02.